The Morgan fingerprint density at radius 1 is 0.710 bits per heavy atom. The Balaban J connectivity index is 0.000000614. The van der Waals surface area contributed by atoms with E-state index in [1.54, 1.807) is 13.8 Å². The van der Waals surface area contributed by atoms with Gasteiger partial charge in [-0.1, -0.05) is 92.9 Å². The molecule has 0 aromatic heterocycles. The zero-order valence-electron chi connectivity index (χ0n) is 18.7. The average molecular weight is 411 g/mol. The molecular formula is C29H30O2. The van der Waals surface area contributed by atoms with Gasteiger partial charge in [0.05, 0.1) is 0 Å². The van der Waals surface area contributed by atoms with E-state index in [0.717, 1.165) is 23.8 Å². The molecule has 0 aliphatic rings. The van der Waals surface area contributed by atoms with E-state index in [0.29, 0.717) is 17.6 Å². The second kappa shape index (κ2) is 11.6. The van der Waals surface area contributed by atoms with Crippen molar-refractivity contribution in [3.05, 3.63) is 108 Å². The first kappa shape index (κ1) is 23.8. The maximum Gasteiger partial charge on any atom is 0.162 e. The van der Waals surface area contributed by atoms with Crippen LogP contribution in [0, 0.1) is 0 Å². The van der Waals surface area contributed by atoms with Crippen LogP contribution in [-0.2, 0) is 22.4 Å². The number of carbonyl (C=O) groups excluding carboxylic acids is 2. The van der Waals surface area contributed by atoms with Crippen LogP contribution in [0.5, 0.6) is 0 Å². The summed E-state index contributed by atoms with van der Waals surface area (Å²) in [6.45, 7) is 12.6. The number of hydrogen-bond donors (Lipinski definition) is 0. The van der Waals surface area contributed by atoms with Gasteiger partial charge in [-0.25, -0.2) is 0 Å². The topological polar surface area (TPSA) is 34.1 Å². The van der Waals surface area contributed by atoms with Crippen LogP contribution in [0.2, 0.25) is 0 Å². The quantitative estimate of drug-likeness (QED) is 0.309. The molecule has 0 aliphatic heterocycles. The largest absolute Gasteiger partial charge is 0.298 e. The smallest absolute Gasteiger partial charge is 0.162 e. The predicted octanol–water partition coefficient (Wildman–Crippen LogP) is 7.03. The number of Topliss-reactive ketones (excluding diaryl/α,β-unsaturated/α-hetero) is 1. The summed E-state index contributed by atoms with van der Waals surface area (Å²) in [5.41, 5.74) is 8.36. The number of hydrogen-bond acceptors (Lipinski definition) is 2. The highest BCUT2D eigenvalue weighted by molar-refractivity contribution is 5.95. The Morgan fingerprint density at radius 3 is 1.32 bits per heavy atom. The minimum atomic E-state index is 0.0937. The first-order valence-electron chi connectivity index (χ1n) is 10.4. The molecule has 0 aliphatic carbocycles. The Kier molecular flexibility index (Phi) is 8.90. The van der Waals surface area contributed by atoms with Gasteiger partial charge in [-0.15, -0.1) is 0 Å². The van der Waals surface area contributed by atoms with Gasteiger partial charge in [0, 0.05) is 6.42 Å². The van der Waals surface area contributed by atoms with Gasteiger partial charge in [-0.3, -0.25) is 9.59 Å². The molecule has 3 aromatic rings. The van der Waals surface area contributed by atoms with Gasteiger partial charge in [-0.2, -0.15) is 0 Å². The number of rotatable bonds is 7. The van der Waals surface area contributed by atoms with E-state index in [2.05, 4.69) is 80.7 Å². The lowest BCUT2D eigenvalue weighted by molar-refractivity contribution is -0.114. The van der Waals surface area contributed by atoms with E-state index in [9.17, 15) is 9.59 Å². The Morgan fingerprint density at radius 2 is 1.03 bits per heavy atom. The van der Waals surface area contributed by atoms with Crippen molar-refractivity contribution in [2.24, 2.45) is 0 Å². The highest BCUT2D eigenvalue weighted by atomic mass is 16.1. The van der Waals surface area contributed by atoms with Crippen LogP contribution in [0.1, 0.15) is 31.9 Å². The van der Waals surface area contributed by atoms with Crippen LogP contribution in [0.3, 0.4) is 0 Å². The predicted molar refractivity (Wildman–Crippen MR) is 131 cm³/mol. The lowest BCUT2D eigenvalue weighted by Crippen LogP contribution is -2.02. The van der Waals surface area contributed by atoms with Gasteiger partial charge in [0.15, 0.2) is 5.78 Å². The highest BCUT2D eigenvalue weighted by Gasteiger charge is 2.05. The van der Waals surface area contributed by atoms with Crippen molar-refractivity contribution >= 4 is 12.1 Å². The van der Waals surface area contributed by atoms with Crippen molar-refractivity contribution in [3.8, 4) is 22.3 Å². The maximum absolute atomic E-state index is 11.8. The molecule has 0 heterocycles. The van der Waals surface area contributed by atoms with Crippen molar-refractivity contribution in [1.82, 2.24) is 0 Å². The van der Waals surface area contributed by atoms with Gasteiger partial charge < -0.3 is 0 Å². The van der Waals surface area contributed by atoms with Crippen LogP contribution in [-0.4, -0.2) is 12.1 Å². The molecule has 0 bridgehead atoms. The molecule has 3 rings (SSSR count). The Bertz CT molecular complexity index is 1040. The van der Waals surface area contributed by atoms with Crippen molar-refractivity contribution in [2.45, 2.75) is 33.6 Å². The molecule has 2 heteroatoms. The molecular weight excluding hydrogens is 380 g/mol. The van der Waals surface area contributed by atoms with Gasteiger partial charge in [0.1, 0.15) is 6.29 Å². The van der Waals surface area contributed by atoms with Crippen LogP contribution in [0.4, 0.5) is 0 Å². The molecule has 0 fully saturated rings. The van der Waals surface area contributed by atoms with E-state index in [4.69, 9.17) is 0 Å². The standard InChI is InChI=1S/C25H24O.C4H6O/c1-4-19-5-9-21(10-6-19)23-13-15-24(16-14-23)22-11-7-20(8-12-22)17-25(26)18(2)3;1-4(2)3-5/h5-16H,2,4,17H2,1,3H3;3H,1H2,2H3. The summed E-state index contributed by atoms with van der Waals surface area (Å²) in [5, 5.41) is 0. The van der Waals surface area contributed by atoms with Gasteiger partial charge in [-0.05, 0) is 64.8 Å². The number of aldehydes is 1. The second-order valence-electron chi connectivity index (χ2n) is 7.67. The Hall–Kier alpha value is -3.52. The molecule has 2 nitrogen and oxygen atoms in total. The third kappa shape index (κ3) is 7.35. The Labute approximate surface area is 186 Å². The first-order chi connectivity index (χ1) is 14.8. The van der Waals surface area contributed by atoms with Crippen molar-refractivity contribution < 1.29 is 9.59 Å². The molecule has 0 N–H and O–H groups in total. The summed E-state index contributed by atoms with van der Waals surface area (Å²) in [6, 6.07) is 25.6. The second-order valence-corrected chi connectivity index (χ2v) is 7.67. The SMILES string of the molecule is C=C(C)C(=O)Cc1ccc(-c2ccc(-c3ccc(CC)cc3)cc2)cc1.C=C(C)C=O. The summed E-state index contributed by atoms with van der Waals surface area (Å²) in [7, 11) is 0. The molecule has 0 spiro atoms. The van der Waals surface area contributed by atoms with E-state index in [-0.39, 0.29) is 5.78 Å². The molecule has 0 saturated heterocycles. The van der Waals surface area contributed by atoms with Crippen molar-refractivity contribution in [1.29, 1.82) is 0 Å². The van der Waals surface area contributed by atoms with E-state index in [1.165, 1.54) is 22.3 Å². The molecule has 0 atom stereocenters. The lowest BCUT2D eigenvalue weighted by Gasteiger charge is -2.07. The van der Waals surface area contributed by atoms with Crippen LogP contribution in [0.15, 0.2) is 97.1 Å². The van der Waals surface area contributed by atoms with E-state index < -0.39 is 0 Å². The molecule has 0 saturated carbocycles. The number of benzene rings is 3. The van der Waals surface area contributed by atoms with Gasteiger partial charge in [0.2, 0.25) is 0 Å². The zero-order chi connectivity index (χ0) is 22.8. The van der Waals surface area contributed by atoms with Gasteiger partial charge >= 0.3 is 0 Å². The van der Waals surface area contributed by atoms with Crippen molar-refractivity contribution in [3.63, 3.8) is 0 Å². The molecule has 3 aromatic carbocycles. The zero-order valence-corrected chi connectivity index (χ0v) is 18.7. The highest BCUT2D eigenvalue weighted by Crippen LogP contribution is 2.25. The fourth-order valence-corrected chi connectivity index (χ4v) is 2.94. The molecule has 31 heavy (non-hydrogen) atoms. The van der Waals surface area contributed by atoms with E-state index in [1.807, 2.05) is 12.1 Å². The minimum Gasteiger partial charge on any atom is -0.298 e. The van der Waals surface area contributed by atoms with Crippen LogP contribution >= 0.6 is 0 Å². The third-order valence-electron chi connectivity index (χ3n) is 4.91. The summed E-state index contributed by atoms with van der Waals surface area (Å²) in [5.74, 6) is 0.0937. The van der Waals surface area contributed by atoms with Crippen LogP contribution < -0.4 is 0 Å². The van der Waals surface area contributed by atoms with Gasteiger partial charge in [0.25, 0.3) is 0 Å². The van der Waals surface area contributed by atoms with Crippen LogP contribution in [0.25, 0.3) is 22.3 Å². The summed E-state index contributed by atoms with van der Waals surface area (Å²) < 4.78 is 0. The molecule has 0 amide bonds. The summed E-state index contributed by atoms with van der Waals surface area (Å²) in [4.78, 5) is 21.2. The molecule has 0 radical (unpaired) electrons. The van der Waals surface area contributed by atoms with Crippen molar-refractivity contribution in [2.75, 3.05) is 0 Å². The van der Waals surface area contributed by atoms with E-state index >= 15 is 0 Å². The minimum absolute atomic E-state index is 0.0937. The maximum atomic E-state index is 11.8. The molecule has 0 unspecified atom stereocenters. The normalized spacial score (nSPS) is 9.90. The molecule has 158 valence electrons. The average Bonchev–Trinajstić information content (AvgIpc) is 2.80. The fraction of sp³-hybridized carbons (Fsp3) is 0.172. The third-order valence-corrected chi connectivity index (χ3v) is 4.91. The fourth-order valence-electron chi connectivity index (χ4n) is 2.94. The summed E-state index contributed by atoms with van der Waals surface area (Å²) in [6.07, 6.45) is 2.20. The monoisotopic (exact) mass is 410 g/mol. The number of allylic oxidation sites excluding steroid dienone is 2. The summed E-state index contributed by atoms with van der Waals surface area (Å²) >= 11 is 0. The number of aryl methyl sites for hydroxylation is 1. The first-order valence-corrected chi connectivity index (χ1v) is 10.4. The number of ketones is 1. The number of carbonyl (C=O) groups is 2. The lowest BCUT2D eigenvalue weighted by atomic mass is 9.98.